The third-order valence-electron chi connectivity index (χ3n) is 1.34. The average molecular weight is 223 g/mol. The fourth-order valence-electron chi connectivity index (χ4n) is 0.717. The van der Waals surface area contributed by atoms with Gasteiger partial charge in [0.1, 0.15) is 10.7 Å². The summed E-state index contributed by atoms with van der Waals surface area (Å²) in [6.07, 6.45) is -0.116. The highest BCUT2D eigenvalue weighted by atomic mass is 79.9. The number of carboxylic acid groups (broad SMARTS) is 1. The third kappa shape index (κ3) is 1.90. The van der Waals surface area contributed by atoms with Crippen LogP contribution in [0.4, 0.5) is 0 Å². The lowest BCUT2D eigenvalue weighted by Crippen LogP contribution is -2.41. The third-order valence-corrected chi connectivity index (χ3v) is 1.81. The maximum atomic E-state index is 10.3. The Morgan fingerprint density at radius 1 is 2.00 bits per heavy atom. The van der Waals surface area contributed by atoms with Crippen LogP contribution in [0.15, 0.2) is 5.16 Å². The van der Waals surface area contributed by atoms with Gasteiger partial charge >= 0.3 is 5.97 Å². The first-order valence-electron chi connectivity index (χ1n) is 2.98. The summed E-state index contributed by atoms with van der Waals surface area (Å²) in [5.74, 6) is -1.08. The van der Waals surface area contributed by atoms with E-state index in [-0.39, 0.29) is 0 Å². The standard InChI is InChI=1S/C5H7BrN2O3/c6-3-1-2(11-8-3)4(7)5(9)10/h2,4H,1,7H2,(H,9,10)/t2-,4-/m0/s1. The highest BCUT2D eigenvalue weighted by Gasteiger charge is 2.30. The van der Waals surface area contributed by atoms with Crippen LogP contribution in [0.5, 0.6) is 0 Å². The summed E-state index contributed by atoms with van der Waals surface area (Å²) in [7, 11) is 0. The molecule has 1 aliphatic rings. The van der Waals surface area contributed by atoms with Crippen molar-refractivity contribution in [2.24, 2.45) is 10.9 Å². The summed E-state index contributed by atoms with van der Waals surface area (Å²) in [5.41, 5.74) is 5.27. The van der Waals surface area contributed by atoms with Crippen molar-refractivity contribution in [2.75, 3.05) is 0 Å². The first-order chi connectivity index (χ1) is 5.11. The van der Waals surface area contributed by atoms with E-state index in [0.717, 1.165) is 0 Å². The molecule has 5 nitrogen and oxygen atoms in total. The smallest absolute Gasteiger partial charge is 0.324 e. The minimum Gasteiger partial charge on any atom is -0.480 e. The summed E-state index contributed by atoms with van der Waals surface area (Å²) in [5, 5.41) is 12.0. The van der Waals surface area contributed by atoms with Crippen molar-refractivity contribution in [1.29, 1.82) is 0 Å². The van der Waals surface area contributed by atoms with Gasteiger partial charge in [0.2, 0.25) is 0 Å². The van der Waals surface area contributed by atoms with Crippen LogP contribution in [0.3, 0.4) is 0 Å². The molecule has 0 radical (unpaired) electrons. The molecule has 0 unspecified atom stereocenters. The number of halogens is 1. The monoisotopic (exact) mass is 222 g/mol. The highest BCUT2D eigenvalue weighted by molar-refractivity contribution is 9.18. The molecule has 0 bridgehead atoms. The van der Waals surface area contributed by atoms with Crippen molar-refractivity contribution in [1.82, 2.24) is 0 Å². The molecule has 0 amide bonds. The second-order valence-electron chi connectivity index (χ2n) is 2.18. The van der Waals surface area contributed by atoms with E-state index in [4.69, 9.17) is 15.7 Å². The fourth-order valence-corrected chi connectivity index (χ4v) is 1.12. The van der Waals surface area contributed by atoms with Crippen LogP contribution in [-0.2, 0) is 9.63 Å². The van der Waals surface area contributed by atoms with E-state index in [0.29, 0.717) is 11.0 Å². The Morgan fingerprint density at radius 3 is 3.00 bits per heavy atom. The number of hydrogen-bond donors (Lipinski definition) is 2. The van der Waals surface area contributed by atoms with Gasteiger partial charge in [-0.2, -0.15) is 0 Å². The second kappa shape index (κ2) is 3.19. The first-order valence-corrected chi connectivity index (χ1v) is 3.77. The number of rotatable bonds is 2. The van der Waals surface area contributed by atoms with Gasteiger partial charge in [-0.15, -0.1) is 0 Å². The Morgan fingerprint density at radius 2 is 2.64 bits per heavy atom. The van der Waals surface area contributed by atoms with Gasteiger partial charge in [0.25, 0.3) is 0 Å². The van der Waals surface area contributed by atoms with Gasteiger partial charge in [0.15, 0.2) is 6.10 Å². The SMILES string of the molecule is N[C@H](C(=O)O)[C@@H]1CC(Br)=NO1. The molecular formula is C5H7BrN2O3. The van der Waals surface area contributed by atoms with Gasteiger partial charge in [-0.1, -0.05) is 5.16 Å². The average Bonchev–Trinajstić information content (AvgIpc) is 2.34. The molecule has 62 valence electrons. The summed E-state index contributed by atoms with van der Waals surface area (Å²) in [4.78, 5) is 15.0. The molecule has 11 heavy (non-hydrogen) atoms. The molecule has 0 aromatic heterocycles. The van der Waals surface area contributed by atoms with Gasteiger partial charge in [0.05, 0.1) is 0 Å². The normalized spacial score (nSPS) is 25.6. The molecule has 2 atom stereocenters. The Hall–Kier alpha value is -0.620. The summed E-state index contributed by atoms with van der Waals surface area (Å²) < 4.78 is 0.596. The molecule has 0 fully saturated rings. The topological polar surface area (TPSA) is 84.9 Å². The van der Waals surface area contributed by atoms with Gasteiger partial charge in [0, 0.05) is 6.42 Å². The first kappa shape index (κ1) is 8.48. The van der Waals surface area contributed by atoms with Gasteiger partial charge in [-0.05, 0) is 15.9 Å². The molecule has 1 rings (SSSR count). The van der Waals surface area contributed by atoms with Crippen LogP contribution in [0.1, 0.15) is 6.42 Å². The van der Waals surface area contributed by atoms with Gasteiger partial charge in [-0.25, -0.2) is 0 Å². The number of carboxylic acids is 1. The molecule has 0 saturated heterocycles. The zero-order chi connectivity index (χ0) is 8.43. The Kier molecular flexibility index (Phi) is 2.45. The predicted molar refractivity (Wildman–Crippen MR) is 41.5 cm³/mol. The molecule has 0 aromatic carbocycles. The minimum absolute atomic E-state index is 0.424. The van der Waals surface area contributed by atoms with Crippen LogP contribution in [-0.4, -0.2) is 27.8 Å². The van der Waals surface area contributed by atoms with Crippen LogP contribution in [0.25, 0.3) is 0 Å². The molecule has 1 aliphatic heterocycles. The number of aliphatic carboxylic acids is 1. The molecule has 0 aliphatic carbocycles. The highest BCUT2D eigenvalue weighted by Crippen LogP contribution is 2.16. The van der Waals surface area contributed by atoms with Crippen molar-refractivity contribution in [2.45, 2.75) is 18.6 Å². The van der Waals surface area contributed by atoms with Gasteiger partial charge < -0.3 is 15.7 Å². The number of hydrogen-bond acceptors (Lipinski definition) is 4. The molecule has 6 heteroatoms. The predicted octanol–water partition coefficient (Wildman–Crippen LogP) is -0.104. The van der Waals surface area contributed by atoms with E-state index in [1.165, 1.54) is 0 Å². The number of oxime groups is 1. The zero-order valence-electron chi connectivity index (χ0n) is 5.53. The lowest BCUT2D eigenvalue weighted by molar-refractivity contribution is -0.141. The summed E-state index contributed by atoms with van der Waals surface area (Å²) in [6, 6.07) is -1.01. The fraction of sp³-hybridized carbons (Fsp3) is 0.600. The van der Waals surface area contributed by atoms with Crippen molar-refractivity contribution in [3.05, 3.63) is 0 Å². The molecule has 0 saturated carbocycles. The van der Waals surface area contributed by atoms with Crippen molar-refractivity contribution in [3.63, 3.8) is 0 Å². The molecule has 1 heterocycles. The van der Waals surface area contributed by atoms with Crippen molar-refractivity contribution in [3.8, 4) is 0 Å². The van der Waals surface area contributed by atoms with E-state index < -0.39 is 18.1 Å². The summed E-state index contributed by atoms with van der Waals surface area (Å²) >= 11 is 3.07. The Labute approximate surface area is 71.3 Å². The maximum absolute atomic E-state index is 10.3. The van der Waals surface area contributed by atoms with E-state index >= 15 is 0 Å². The Balaban J connectivity index is 2.47. The molecular weight excluding hydrogens is 216 g/mol. The Bertz CT molecular complexity index is 206. The lowest BCUT2D eigenvalue weighted by Gasteiger charge is -2.11. The zero-order valence-corrected chi connectivity index (χ0v) is 7.11. The van der Waals surface area contributed by atoms with E-state index in [2.05, 4.69) is 21.1 Å². The van der Waals surface area contributed by atoms with Crippen LogP contribution < -0.4 is 5.73 Å². The van der Waals surface area contributed by atoms with Crippen LogP contribution in [0, 0.1) is 0 Å². The second-order valence-corrected chi connectivity index (χ2v) is 3.09. The number of carbonyl (C=O) groups is 1. The van der Waals surface area contributed by atoms with Crippen LogP contribution >= 0.6 is 15.9 Å². The van der Waals surface area contributed by atoms with E-state index in [1.807, 2.05) is 0 Å². The maximum Gasteiger partial charge on any atom is 0.324 e. The van der Waals surface area contributed by atoms with E-state index in [9.17, 15) is 4.79 Å². The number of nitrogens with two attached hydrogens (primary N) is 1. The molecule has 3 N–H and O–H groups in total. The molecule has 0 spiro atoms. The number of nitrogens with zero attached hydrogens (tertiary/aromatic N) is 1. The largest absolute Gasteiger partial charge is 0.480 e. The summed E-state index contributed by atoms with van der Waals surface area (Å²) in [6.45, 7) is 0. The van der Waals surface area contributed by atoms with E-state index in [1.54, 1.807) is 0 Å². The van der Waals surface area contributed by atoms with Crippen molar-refractivity contribution >= 4 is 26.5 Å². The van der Waals surface area contributed by atoms with Crippen molar-refractivity contribution < 1.29 is 14.7 Å². The van der Waals surface area contributed by atoms with Gasteiger partial charge in [-0.3, -0.25) is 4.79 Å². The lowest BCUT2D eigenvalue weighted by atomic mass is 10.1. The quantitative estimate of drug-likeness (QED) is 0.684. The molecule has 0 aromatic rings. The minimum atomic E-state index is -1.08. The van der Waals surface area contributed by atoms with Crippen LogP contribution in [0.2, 0.25) is 0 Å².